The molecule has 0 spiro atoms. The Morgan fingerprint density at radius 2 is 2.00 bits per heavy atom. The lowest BCUT2D eigenvalue weighted by atomic mass is 10.1. The van der Waals surface area contributed by atoms with Crippen molar-refractivity contribution >= 4 is 5.97 Å². The van der Waals surface area contributed by atoms with Crippen LogP contribution in [0.15, 0.2) is 59.7 Å². The van der Waals surface area contributed by atoms with E-state index in [0.29, 0.717) is 22.4 Å². The van der Waals surface area contributed by atoms with Crippen LogP contribution in [0.5, 0.6) is 0 Å². The normalized spacial score (nSPS) is 10.5. The molecule has 0 saturated carbocycles. The molecule has 1 aromatic carbocycles. The van der Waals surface area contributed by atoms with E-state index in [1.807, 2.05) is 0 Å². The Kier molecular flexibility index (Phi) is 5.19. The quantitative estimate of drug-likeness (QED) is 0.702. The fourth-order valence-corrected chi connectivity index (χ4v) is 2.52. The van der Waals surface area contributed by atoms with Crippen LogP contribution >= 0.6 is 0 Å². The second-order valence-electron chi connectivity index (χ2n) is 5.65. The lowest BCUT2D eigenvalue weighted by Crippen LogP contribution is -2.23. The Balaban J connectivity index is 1.93. The van der Waals surface area contributed by atoms with Crippen LogP contribution in [-0.4, -0.2) is 33.0 Å². The van der Waals surface area contributed by atoms with Crippen molar-refractivity contribution < 1.29 is 14.6 Å². The molecule has 132 valence electrons. The molecular formula is C19H17N3O4. The van der Waals surface area contributed by atoms with Crippen molar-refractivity contribution in [2.75, 3.05) is 7.11 Å². The van der Waals surface area contributed by atoms with Gasteiger partial charge in [-0.2, -0.15) is 5.10 Å². The fraction of sp³-hybridized carbons (Fsp3) is 0.158. The third-order valence-electron chi connectivity index (χ3n) is 3.82. The van der Waals surface area contributed by atoms with Crippen molar-refractivity contribution in [3.8, 4) is 11.3 Å². The molecule has 0 fully saturated rings. The van der Waals surface area contributed by atoms with Crippen molar-refractivity contribution in [1.82, 2.24) is 14.8 Å². The molecular weight excluding hydrogens is 334 g/mol. The summed E-state index contributed by atoms with van der Waals surface area (Å²) < 4.78 is 6.03. The van der Waals surface area contributed by atoms with E-state index >= 15 is 0 Å². The predicted octanol–water partition coefficient (Wildman–Crippen LogP) is 1.63. The van der Waals surface area contributed by atoms with E-state index in [1.54, 1.807) is 48.8 Å². The van der Waals surface area contributed by atoms with Crippen molar-refractivity contribution in [2.24, 2.45) is 0 Å². The van der Waals surface area contributed by atoms with Gasteiger partial charge in [0.15, 0.2) is 0 Å². The van der Waals surface area contributed by atoms with E-state index in [-0.39, 0.29) is 18.7 Å². The summed E-state index contributed by atoms with van der Waals surface area (Å²) in [5, 5.41) is 13.6. The van der Waals surface area contributed by atoms with Gasteiger partial charge in [0.05, 0.1) is 31.5 Å². The van der Waals surface area contributed by atoms with Gasteiger partial charge in [-0.25, -0.2) is 9.48 Å². The zero-order chi connectivity index (χ0) is 18.5. The average Bonchev–Trinajstić information content (AvgIpc) is 2.69. The molecule has 0 amide bonds. The molecule has 0 radical (unpaired) electrons. The van der Waals surface area contributed by atoms with Gasteiger partial charge in [0, 0.05) is 24.0 Å². The first kappa shape index (κ1) is 17.5. The summed E-state index contributed by atoms with van der Waals surface area (Å²) in [4.78, 5) is 27.9. The number of hydrogen-bond donors (Lipinski definition) is 1. The number of aliphatic hydroxyl groups is 1. The third-order valence-corrected chi connectivity index (χ3v) is 3.82. The molecule has 2 aromatic heterocycles. The Bertz CT molecular complexity index is 998. The van der Waals surface area contributed by atoms with Crippen molar-refractivity contribution in [2.45, 2.75) is 13.2 Å². The van der Waals surface area contributed by atoms with E-state index in [0.717, 1.165) is 5.56 Å². The number of ether oxygens (including phenoxy) is 1. The number of pyridine rings is 1. The fourth-order valence-electron chi connectivity index (χ4n) is 2.52. The molecule has 0 aliphatic rings. The van der Waals surface area contributed by atoms with Gasteiger partial charge in [0.25, 0.3) is 5.56 Å². The minimum atomic E-state index is -0.437. The van der Waals surface area contributed by atoms with Gasteiger partial charge in [-0.1, -0.05) is 12.1 Å². The Labute approximate surface area is 149 Å². The summed E-state index contributed by atoms with van der Waals surface area (Å²) >= 11 is 0. The number of hydrogen-bond acceptors (Lipinski definition) is 6. The van der Waals surface area contributed by atoms with E-state index in [1.165, 1.54) is 17.9 Å². The van der Waals surface area contributed by atoms with Crippen molar-refractivity contribution in [3.63, 3.8) is 0 Å². The highest BCUT2D eigenvalue weighted by Crippen LogP contribution is 2.16. The molecule has 0 unspecified atom stereocenters. The summed E-state index contributed by atoms with van der Waals surface area (Å²) in [6.07, 6.45) is 3.19. The first-order valence-electron chi connectivity index (χ1n) is 7.91. The van der Waals surface area contributed by atoms with Crippen LogP contribution in [0.25, 0.3) is 11.3 Å². The number of aromatic nitrogens is 3. The van der Waals surface area contributed by atoms with E-state index in [4.69, 9.17) is 4.74 Å². The summed E-state index contributed by atoms with van der Waals surface area (Å²) in [7, 11) is 1.32. The lowest BCUT2D eigenvalue weighted by Gasteiger charge is -2.09. The summed E-state index contributed by atoms with van der Waals surface area (Å²) in [5.41, 5.74) is 2.83. The number of carbonyl (C=O) groups is 1. The summed E-state index contributed by atoms with van der Waals surface area (Å²) in [6.45, 7) is 0.0887. The van der Waals surface area contributed by atoms with Crippen LogP contribution in [-0.2, 0) is 17.9 Å². The average molecular weight is 351 g/mol. The monoisotopic (exact) mass is 351 g/mol. The standard InChI is InChI=1S/C19H17N3O4/c1-26-19(25)15-4-2-3-13(7-15)11-22-18(24)6-5-17(21-22)16-8-14(12-23)9-20-10-16/h2-10,23H,11-12H2,1H3. The van der Waals surface area contributed by atoms with E-state index in [2.05, 4.69) is 10.1 Å². The Morgan fingerprint density at radius 3 is 2.77 bits per heavy atom. The number of methoxy groups -OCH3 is 1. The maximum Gasteiger partial charge on any atom is 0.337 e. The van der Waals surface area contributed by atoms with Gasteiger partial charge in [-0.15, -0.1) is 0 Å². The van der Waals surface area contributed by atoms with Crippen LogP contribution in [0.2, 0.25) is 0 Å². The minimum absolute atomic E-state index is 0.124. The lowest BCUT2D eigenvalue weighted by molar-refractivity contribution is 0.0600. The maximum absolute atomic E-state index is 12.2. The van der Waals surface area contributed by atoms with Crippen molar-refractivity contribution in [1.29, 1.82) is 0 Å². The molecule has 3 aromatic rings. The van der Waals surface area contributed by atoms with Crippen molar-refractivity contribution in [3.05, 3.63) is 81.9 Å². The van der Waals surface area contributed by atoms with E-state index in [9.17, 15) is 14.7 Å². The molecule has 26 heavy (non-hydrogen) atoms. The molecule has 7 heteroatoms. The molecule has 0 aliphatic carbocycles. The first-order valence-corrected chi connectivity index (χ1v) is 7.91. The second kappa shape index (κ2) is 7.71. The highest BCUT2D eigenvalue weighted by Gasteiger charge is 2.09. The highest BCUT2D eigenvalue weighted by atomic mass is 16.5. The molecule has 2 heterocycles. The molecule has 0 atom stereocenters. The SMILES string of the molecule is COC(=O)c1cccc(Cn2nc(-c3cncc(CO)c3)ccc2=O)c1. The molecule has 0 saturated heterocycles. The zero-order valence-corrected chi connectivity index (χ0v) is 14.1. The number of benzene rings is 1. The zero-order valence-electron chi connectivity index (χ0n) is 14.1. The number of aliphatic hydroxyl groups excluding tert-OH is 1. The topological polar surface area (TPSA) is 94.3 Å². The molecule has 7 nitrogen and oxygen atoms in total. The number of carbonyl (C=O) groups excluding carboxylic acids is 1. The van der Waals surface area contributed by atoms with Crippen LogP contribution in [0.3, 0.4) is 0 Å². The number of esters is 1. The largest absolute Gasteiger partial charge is 0.465 e. The summed E-state index contributed by atoms with van der Waals surface area (Å²) in [6, 6.07) is 11.7. The Hall–Kier alpha value is -3.32. The maximum atomic E-state index is 12.2. The van der Waals surface area contributed by atoms with Crippen LogP contribution in [0, 0.1) is 0 Å². The van der Waals surface area contributed by atoms with Gasteiger partial charge in [-0.05, 0) is 35.4 Å². The molecule has 0 aliphatic heterocycles. The highest BCUT2D eigenvalue weighted by molar-refractivity contribution is 5.89. The minimum Gasteiger partial charge on any atom is -0.465 e. The van der Waals surface area contributed by atoms with E-state index < -0.39 is 5.97 Å². The van der Waals surface area contributed by atoms with Gasteiger partial charge in [0.1, 0.15) is 0 Å². The van der Waals surface area contributed by atoms with Gasteiger partial charge >= 0.3 is 5.97 Å². The van der Waals surface area contributed by atoms with Crippen LogP contribution in [0.1, 0.15) is 21.5 Å². The van der Waals surface area contributed by atoms with Crippen LogP contribution in [0.4, 0.5) is 0 Å². The van der Waals surface area contributed by atoms with Gasteiger partial charge in [0.2, 0.25) is 0 Å². The smallest absolute Gasteiger partial charge is 0.337 e. The third kappa shape index (κ3) is 3.84. The molecule has 3 rings (SSSR count). The second-order valence-corrected chi connectivity index (χ2v) is 5.65. The number of rotatable bonds is 5. The Morgan fingerprint density at radius 1 is 1.15 bits per heavy atom. The summed E-state index contributed by atoms with van der Waals surface area (Å²) in [5.74, 6) is -0.437. The predicted molar refractivity (Wildman–Crippen MR) is 94.5 cm³/mol. The van der Waals surface area contributed by atoms with Gasteiger partial charge in [-0.3, -0.25) is 9.78 Å². The first-order chi connectivity index (χ1) is 12.6. The number of nitrogens with zero attached hydrogens (tertiary/aromatic N) is 3. The van der Waals surface area contributed by atoms with Gasteiger partial charge < -0.3 is 9.84 Å². The van der Waals surface area contributed by atoms with Crippen LogP contribution < -0.4 is 5.56 Å². The molecule has 0 bridgehead atoms. The molecule has 1 N–H and O–H groups in total.